The van der Waals surface area contributed by atoms with E-state index in [1.54, 1.807) is 0 Å². The first-order chi connectivity index (χ1) is 22.2. The van der Waals surface area contributed by atoms with Gasteiger partial charge in [-0.1, -0.05) is 85.0 Å². The fraction of sp³-hybridized carbons (Fsp3) is 0.154. The Balaban J connectivity index is 1.07. The molecule has 0 aliphatic heterocycles. The minimum atomic E-state index is 0.755. The molecular formula is C39H41N6+. The topological polar surface area (TPSA) is 55.9 Å². The Hall–Kier alpha value is -5.49. The highest BCUT2D eigenvalue weighted by molar-refractivity contribution is 5.82. The molecule has 0 unspecified atom stereocenters. The van der Waals surface area contributed by atoms with Crippen LogP contribution in [-0.4, -0.2) is 19.5 Å². The number of pyridine rings is 1. The van der Waals surface area contributed by atoms with Crippen LogP contribution < -0.4 is 20.3 Å². The maximum atomic E-state index is 4.55. The number of rotatable bonds is 13. The van der Waals surface area contributed by atoms with Gasteiger partial charge in [-0.3, -0.25) is 10.4 Å². The molecule has 1 aromatic heterocycles. The molecular weight excluding hydrogens is 552 g/mol. The molecule has 6 heteroatoms. The fourth-order valence-corrected chi connectivity index (χ4v) is 4.78. The molecule has 0 saturated heterocycles. The summed E-state index contributed by atoms with van der Waals surface area (Å²) in [6, 6.07) is 31.8. The normalized spacial score (nSPS) is 13.5. The van der Waals surface area contributed by atoms with Crippen molar-refractivity contribution in [3.8, 4) is 11.1 Å². The third-order valence-corrected chi connectivity index (χ3v) is 7.47. The standard InChI is InChI=1S/C39H41N6/c1-3-32(29-41-43-38-10-6-4-7-11-38)22-25-40-28-33-14-18-36(19-15-33)37-20-16-35(17-21-37)31-45-26-23-34(24-27-45)30-42-44(2)39-12-8-5-9-13-39/h3,5-6,8-27,29-30,40,43H,4,7,28,31H2,1-2H3/q+1/b25-22-,32-3+,41-29+. The van der Waals surface area contributed by atoms with Crippen LogP contribution in [0.15, 0.2) is 161 Å². The number of nitrogens with one attached hydrogen (secondary N) is 2. The highest BCUT2D eigenvalue weighted by atomic mass is 15.4. The summed E-state index contributed by atoms with van der Waals surface area (Å²) in [5.74, 6) is 0. The smallest absolute Gasteiger partial charge is 0.173 e. The first-order valence-corrected chi connectivity index (χ1v) is 15.4. The van der Waals surface area contributed by atoms with Crippen LogP contribution in [0.1, 0.15) is 36.5 Å². The second kappa shape index (κ2) is 16.4. The monoisotopic (exact) mass is 593 g/mol. The van der Waals surface area contributed by atoms with E-state index in [-0.39, 0.29) is 0 Å². The Labute approximate surface area is 267 Å². The minimum Gasteiger partial charge on any atom is -0.387 e. The molecule has 45 heavy (non-hydrogen) atoms. The first kappa shape index (κ1) is 31.0. The van der Waals surface area contributed by atoms with Crippen LogP contribution in [0.2, 0.25) is 0 Å². The molecule has 1 aliphatic carbocycles. The zero-order chi connectivity index (χ0) is 31.1. The van der Waals surface area contributed by atoms with Gasteiger partial charge in [-0.2, -0.15) is 10.2 Å². The van der Waals surface area contributed by atoms with E-state index >= 15 is 0 Å². The molecule has 0 amide bonds. The fourth-order valence-electron chi connectivity index (χ4n) is 4.78. The van der Waals surface area contributed by atoms with Gasteiger partial charge >= 0.3 is 0 Å². The number of aromatic nitrogens is 1. The molecule has 0 spiro atoms. The Morgan fingerprint density at radius 2 is 1.58 bits per heavy atom. The Bertz CT molecular complexity index is 1680. The lowest BCUT2D eigenvalue weighted by Crippen LogP contribution is -2.33. The number of allylic oxidation sites excluding steroid dienone is 6. The van der Waals surface area contributed by atoms with Crippen molar-refractivity contribution in [3.05, 3.63) is 168 Å². The van der Waals surface area contributed by atoms with Gasteiger partial charge in [0.15, 0.2) is 18.9 Å². The molecule has 5 rings (SSSR count). The van der Waals surface area contributed by atoms with Gasteiger partial charge in [0, 0.05) is 36.9 Å². The van der Waals surface area contributed by atoms with Crippen molar-refractivity contribution in [3.63, 3.8) is 0 Å². The molecule has 226 valence electrons. The van der Waals surface area contributed by atoms with Gasteiger partial charge in [0.1, 0.15) is 0 Å². The molecule has 1 aliphatic rings. The van der Waals surface area contributed by atoms with Crippen molar-refractivity contribution < 1.29 is 4.57 Å². The average Bonchev–Trinajstić information content (AvgIpc) is 3.10. The molecule has 6 nitrogen and oxygen atoms in total. The van der Waals surface area contributed by atoms with Crippen LogP contribution in [0.5, 0.6) is 0 Å². The lowest BCUT2D eigenvalue weighted by Gasteiger charge is -2.11. The van der Waals surface area contributed by atoms with Crippen LogP contribution in [0.25, 0.3) is 11.1 Å². The largest absolute Gasteiger partial charge is 0.387 e. The van der Waals surface area contributed by atoms with Gasteiger partial charge in [0.05, 0.1) is 23.8 Å². The van der Waals surface area contributed by atoms with Gasteiger partial charge in [-0.05, 0) is 72.5 Å². The third-order valence-electron chi connectivity index (χ3n) is 7.47. The average molecular weight is 594 g/mol. The van der Waals surface area contributed by atoms with Crippen molar-refractivity contribution in [2.24, 2.45) is 10.2 Å². The Kier molecular flexibility index (Phi) is 11.3. The van der Waals surface area contributed by atoms with Crippen LogP contribution in [0.4, 0.5) is 5.69 Å². The summed E-state index contributed by atoms with van der Waals surface area (Å²) in [7, 11) is 1.95. The summed E-state index contributed by atoms with van der Waals surface area (Å²) >= 11 is 0. The van der Waals surface area contributed by atoms with E-state index in [4.69, 9.17) is 0 Å². The highest BCUT2D eigenvalue weighted by Crippen LogP contribution is 2.20. The number of hydrogen-bond donors (Lipinski definition) is 2. The molecule has 0 bridgehead atoms. The van der Waals surface area contributed by atoms with E-state index in [9.17, 15) is 0 Å². The molecule has 2 N–H and O–H groups in total. The summed E-state index contributed by atoms with van der Waals surface area (Å²) in [5.41, 5.74) is 12.2. The van der Waals surface area contributed by atoms with Gasteiger partial charge in [-0.25, -0.2) is 4.57 Å². The Morgan fingerprint density at radius 3 is 2.24 bits per heavy atom. The number of hydrazone groups is 2. The Morgan fingerprint density at radius 1 is 0.867 bits per heavy atom. The van der Waals surface area contributed by atoms with E-state index in [1.165, 1.54) is 22.3 Å². The zero-order valence-corrected chi connectivity index (χ0v) is 26.1. The summed E-state index contributed by atoms with van der Waals surface area (Å²) in [6.07, 6.45) is 22.5. The van der Waals surface area contributed by atoms with Gasteiger partial charge < -0.3 is 5.32 Å². The summed E-state index contributed by atoms with van der Waals surface area (Å²) in [6.45, 7) is 3.58. The molecule has 0 radical (unpaired) electrons. The van der Waals surface area contributed by atoms with Gasteiger partial charge in [0.2, 0.25) is 0 Å². The van der Waals surface area contributed by atoms with E-state index in [0.717, 1.165) is 48.5 Å². The molecule has 0 fully saturated rings. The van der Waals surface area contributed by atoms with E-state index in [0.29, 0.717) is 0 Å². The molecule has 4 aromatic rings. The van der Waals surface area contributed by atoms with E-state index in [1.807, 2.05) is 80.1 Å². The maximum Gasteiger partial charge on any atom is 0.173 e. The SMILES string of the molecule is C/C=C(\C=C/NCc1ccc(-c2ccc(C[n+]3ccc(/C=N/N(C)c4ccccc4)cc3)cc2)cc1)/C=N/NC1=CCCC=C1. The van der Waals surface area contributed by atoms with Crippen LogP contribution in [0, 0.1) is 0 Å². The number of nitrogens with zero attached hydrogens (tertiary/aromatic N) is 4. The van der Waals surface area contributed by atoms with Crippen molar-refractivity contribution in [2.75, 3.05) is 12.1 Å². The van der Waals surface area contributed by atoms with Crippen molar-refractivity contribution in [1.29, 1.82) is 0 Å². The van der Waals surface area contributed by atoms with E-state index in [2.05, 4.69) is 117 Å². The highest BCUT2D eigenvalue weighted by Gasteiger charge is 2.05. The van der Waals surface area contributed by atoms with Crippen molar-refractivity contribution >= 4 is 18.1 Å². The number of para-hydroxylation sites is 1. The lowest BCUT2D eigenvalue weighted by molar-refractivity contribution is -0.688. The predicted octanol–water partition coefficient (Wildman–Crippen LogP) is 7.52. The summed E-state index contributed by atoms with van der Waals surface area (Å²) in [4.78, 5) is 0. The van der Waals surface area contributed by atoms with Crippen LogP contribution in [-0.2, 0) is 13.1 Å². The molecule has 0 saturated carbocycles. The van der Waals surface area contributed by atoms with Gasteiger partial charge in [-0.15, -0.1) is 0 Å². The number of anilines is 1. The molecule has 3 aromatic carbocycles. The van der Waals surface area contributed by atoms with Crippen LogP contribution in [0.3, 0.4) is 0 Å². The number of hydrogen-bond acceptors (Lipinski definition) is 5. The zero-order valence-electron chi connectivity index (χ0n) is 26.1. The van der Waals surface area contributed by atoms with E-state index < -0.39 is 0 Å². The number of benzene rings is 3. The lowest BCUT2D eigenvalue weighted by atomic mass is 10.0. The molecule has 0 atom stereocenters. The maximum absolute atomic E-state index is 4.55. The second-order valence-electron chi connectivity index (χ2n) is 10.8. The summed E-state index contributed by atoms with van der Waals surface area (Å²) < 4.78 is 2.18. The predicted molar refractivity (Wildman–Crippen MR) is 188 cm³/mol. The van der Waals surface area contributed by atoms with Gasteiger partial charge in [0.25, 0.3) is 0 Å². The van der Waals surface area contributed by atoms with Crippen molar-refractivity contribution in [1.82, 2.24) is 10.7 Å². The second-order valence-corrected chi connectivity index (χ2v) is 10.8. The summed E-state index contributed by atoms with van der Waals surface area (Å²) in [5, 5.41) is 14.1. The minimum absolute atomic E-state index is 0.755. The quantitative estimate of drug-likeness (QED) is 0.0730. The van der Waals surface area contributed by atoms with Crippen molar-refractivity contribution in [2.45, 2.75) is 32.9 Å². The third kappa shape index (κ3) is 9.76. The van der Waals surface area contributed by atoms with Crippen LogP contribution >= 0.6 is 0 Å². The first-order valence-electron chi connectivity index (χ1n) is 15.4. The molecule has 1 heterocycles.